The molecule has 4 fully saturated rings. The van der Waals surface area contributed by atoms with Gasteiger partial charge in [-0.15, -0.1) is 45.3 Å². The smallest absolute Gasteiger partial charge is 0.255 e. The highest BCUT2D eigenvalue weighted by Crippen LogP contribution is 2.39. The number of aliphatic hydroxyl groups is 4. The largest absolute Gasteiger partial charge is 0.391 e. The lowest BCUT2D eigenvalue weighted by Gasteiger charge is -2.35. The molecule has 4 aromatic heterocycles. The standard InChI is InChI=1S/C31H35N3O4S.C25H33N3O4S.2C23H31N3O3S/c1-18(2)28(34-15-23-7-5-6-8-25(23)30(34)37)31(38)33-16-24(35)14-26(33)27(36)12-11-21-9-10-22(13-19(21)3)29-20(4)32-17-39-29;1-15(29)10-20(25(3,4)5)24(32)28-13-19(30)11-21(28)23(31)26-12-17-6-8-18(9-7-17)22-16(2)27-14-33-22;2*1-14(23(3,4)5)22(29)26-12-18(27)10-19(26)21(28)24-11-16-6-8-17(9-7-16)20-15(2)25-13-30-20/h5-10,13,17-18,24,26,28,35H,11-12,14-16H2,1-4H3;6-9,14,19-21,30H,10-13H2,1-5H3,(H,26,31);2*6-9,13-14,18-19,27H,10-12H2,1-5H3,(H,24,28)/t24-,26+,28+;19-,20-,21+;14?,18-,19?;14-,18-,19?/m1001/s1. The molecule has 0 aliphatic carbocycles. The van der Waals surface area contributed by atoms with Crippen molar-refractivity contribution < 1.29 is 68.4 Å². The Bertz CT molecular complexity index is 5420. The zero-order valence-electron chi connectivity index (χ0n) is 79.4. The Kier molecular flexibility index (Phi) is 34.1. The highest BCUT2D eigenvalue weighted by Gasteiger charge is 2.49. The summed E-state index contributed by atoms with van der Waals surface area (Å²) in [5.74, 6) is -2.85. The number of rotatable bonds is 25. The van der Waals surface area contributed by atoms with Crippen molar-refractivity contribution in [2.45, 2.75) is 257 Å². The van der Waals surface area contributed by atoms with Crippen molar-refractivity contribution in [3.63, 3.8) is 0 Å². The van der Waals surface area contributed by atoms with Crippen LogP contribution in [0.25, 0.3) is 41.8 Å². The summed E-state index contributed by atoms with van der Waals surface area (Å²) < 4.78 is 0. The number of thiazole rings is 4. The number of benzene rings is 5. The van der Waals surface area contributed by atoms with Gasteiger partial charge in [0.15, 0.2) is 5.78 Å². The van der Waals surface area contributed by atoms with Gasteiger partial charge in [-0.25, -0.2) is 19.9 Å². The maximum absolute atomic E-state index is 13.9. The second-order valence-electron chi connectivity index (χ2n) is 39.3. The Labute approximate surface area is 791 Å². The number of carbonyl (C=O) groups excluding carboxylic acids is 10. The van der Waals surface area contributed by atoms with E-state index in [9.17, 15) is 68.4 Å². The number of fused-ring (bicyclic) bond motifs is 1. The fourth-order valence-corrected chi connectivity index (χ4v) is 20.6. The Morgan fingerprint density at radius 2 is 0.780 bits per heavy atom. The Morgan fingerprint density at radius 3 is 1.11 bits per heavy atom. The van der Waals surface area contributed by atoms with E-state index in [0.717, 1.165) is 97.9 Å². The molecule has 0 spiro atoms. The van der Waals surface area contributed by atoms with Crippen LogP contribution in [0.3, 0.4) is 0 Å². The lowest BCUT2D eigenvalue weighted by atomic mass is 9.77. The molecule has 26 nitrogen and oxygen atoms in total. The van der Waals surface area contributed by atoms with E-state index in [1.165, 1.54) is 16.7 Å². The highest BCUT2D eigenvalue weighted by molar-refractivity contribution is 7.14. The van der Waals surface area contributed by atoms with Crippen molar-refractivity contribution in [1.82, 2.24) is 60.4 Å². The van der Waals surface area contributed by atoms with E-state index in [0.29, 0.717) is 38.2 Å². The topological polar surface area (TPSA) is 355 Å². The minimum Gasteiger partial charge on any atom is -0.391 e. The fourth-order valence-electron chi connectivity index (χ4n) is 17.3. The van der Waals surface area contributed by atoms with Gasteiger partial charge in [-0.2, -0.15) is 0 Å². The Balaban J connectivity index is 0.000000171. The molecule has 0 radical (unpaired) electrons. The minimum absolute atomic E-state index is 0.0554. The summed E-state index contributed by atoms with van der Waals surface area (Å²) in [6, 6.07) is 34.3. The SMILES string of the molecule is CC(=O)C[C@@H](C(=O)N1C[C@@H](O)C[C@@H]1C(=O)NCc1ccc(-c2scnc2C)cc1)C(C)(C)C.Cc1cc(-c2scnc2C)ccc1CCC(=O)[C@@H]1C[C@@H](O)CN1C(=O)[C@H](C(C)C)N1Cc2ccccc2C1=O.Cc1ncsc1-c1ccc(CNC(=O)C2C[C@@H](O)CN2C(=O)[C@@H](C)C(C)(C)C)cc1.Cc1ncsc1-c1ccc(CNC(=O)C2C[C@H](O)CN2C(=O)C(C)C(C)(C)C)cc1. The predicted molar refractivity (Wildman–Crippen MR) is 518 cm³/mol. The number of likely N-dealkylation sites (tertiary alicyclic amines) is 4. The zero-order valence-corrected chi connectivity index (χ0v) is 82.7. The van der Waals surface area contributed by atoms with E-state index in [2.05, 4.69) is 54.1 Å². The molecular weight excluding hydrogens is 1750 g/mol. The number of nitrogens with one attached hydrogen (secondary N) is 3. The molecule has 4 saturated heterocycles. The molecule has 3 unspecified atom stereocenters. The van der Waals surface area contributed by atoms with Crippen LogP contribution >= 0.6 is 45.3 Å². The third kappa shape index (κ3) is 25.3. The van der Waals surface area contributed by atoms with Crippen LogP contribution in [0.15, 0.2) is 137 Å². The summed E-state index contributed by atoms with van der Waals surface area (Å²) in [6.07, 6.45) is -0.918. The number of carbonyl (C=O) groups is 10. The molecular formula is C102H130N12O14S4. The number of aliphatic hydroxyl groups excluding tert-OH is 4. The fraction of sp³-hybridized carbons (Fsp3) is 0.490. The number of aryl methyl sites for hydroxylation is 6. The van der Waals surface area contributed by atoms with E-state index in [4.69, 9.17) is 0 Å². The number of hydrogen-bond donors (Lipinski definition) is 7. The first-order valence-corrected chi connectivity index (χ1v) is 49.0. The van der Waals surface area contributed by atoms with Crippen LogP contribution in [0.5, 0.6) is 0 Å². The zero-order chi connectivity index (χ0) is 96.3. The van der Waals surface area contributed by atoms with Crippen molar-refractivity contribution in [3.8, 4) is 41.8 Å². The van der Waals surface area contributed by atoms with Gasteiger partial charge in [0, 0.05) is 114 Å². The summed E-state index contributed by atoms with van der Waals surface area (Å²) in [4.78, 5) is 160. The summed E-state index contributed by atoms with van der Waals surface area (Å²) in [5, 5.41) is 49.7. The van der Waals surface area contributed by atoms with Crippen molar-refractivity contribution in [3.05, 3.63) is 199 Å². The molecule has 14 rings (SSSR count). The van der Waals surface area contributed by atoms with Crippen LogP contribution in [0.4, 0.5) is 0 Å². The maximum atomic E-state index is 13.9. The highest BCUT2D eigenvalue weighted by atomic mass is 32.1. The molecule has 9 heterocycles. The van der Waals surface area contributed by atoms with Gasteiger partial charge in [-0.3, -0.25) is 43.2 Å². The lowest BCUT2D eigenvalue weighted by molar-refractivity contribution is -0.146. The van der Waals surface area contributed by atoms with Gasteiger partial charge in [-0.05, 0) is 132 Å². The number of hydrogen-bond acceptors (Lipinski definition) is 22. The third-order valence-electron chi connectivity index (χ3n) is 26.0. The van der Waals surface area contributed by atoms with E-state index in [-0.39, 0.29) is 152 Å². The van der Waals surface area contributed by atoms with Gasteiger partial charge >= 0.3 is 0 Å². The van der Waals surface area contributed by atoms with Crippen LogP contribution in [-0.4, -0.2) is 204 Å². The first-order chi connectivity index (χ1) is 62.3. The molecule has 5 aliphatic heterocycles. The van der Waals surface area contributed by atoms with E-state index in [1.807, 2.05) is 238 Å². The second-order valence-corrected chi connectivity index (χ2v) is 42.7. The molecule has 5 aliphatic rings. The number of amides is 8. The van der Waals surface area contributed by atoms with Crippen LogP contribution < -0.4 is 16.0 Å². The molecule has 8 amide bonds. The van der Waals surface area contributed by atoms with Gasteiger partial charge in [0.05, 0.1) is 94.8 Å². The molecule has 132 heavy (non-hydrogen) atoms. The first-order valence-electron chi connectivity index (χ1n) is 45.4. The number of nitrogens with zero attached hydrogens (tertiary/aromatic N) is 9. The average Bonchev–Trinajstić information content (AvgIpc) is 1.62. The lowest BCUT2D eigenvalue weighted by Crippen LogP contribution is -2.54. The Hall–Kier alpha value is -10.4. The summed E-state index contributed by atoms with van der Waals surface area (Å²) >= 11 is 6.42. The summed E-state index contributed by atoms with van der Waals surface area (Å²) in [5.41, 5.74) is 21.6. The average molecular weight is 1880 g/mol. The second kappa shape index (κ2) is 44.2. The normalized spacial score (nSPS) is 19.8. The summed E-state index contributed by atoms with van der Waals surface area (Å²) in [6.45, 7) is 38.9. The van der Waals surface area contributed by atoms with E-state index in [1.54, 1.807) is 66.1 Å². The molecule has 0 saturated carbocycles. The monoisotopic (exact) mass is 1870 g/mol. The quantitative estimate of drug-likeness (QED) is 0.0279. The number of ketones is 2. The van der Waals surface area contributed by atoms with Gasteiger partial charge in [0.2, 0.25) is 41.4 Å². The van der Waals surface area contributed by atoms with Crippen LogP contribution in [-0.2, 0) is 75.8 Å². The minimum atomic E-state index is -0.760. The molecule has 30 heteroatoms. The van der Waals surface area contributed by atoms with Crippen LogP contribution in [0.1, 0.15) is 202 Å². The van der Waals surface area contributed by atoms with Crippen molar-refractivity contribution in [2.24, 2.45) is 39.9 Å². The van der Waals surface area contributed by atoms with Gasteiger partial charge in [0.1, 0.15) is 30.0 Å². The number of β-amino-alcohol motifs (C(OH)–C–C–N with tert-alkyl or cyclic N) is 4. The van der Waals surface area contributed by atoms with Gasteiger partial charge < -0.3 is 65.7 Å². The van der Waals surface area contributed by atoms with Gasteiger partial charge in [0.25, 0.3) is 5.91 Å². The molecule has 706 valence electrons. The third-order valence-corrected chi connectivity index (χ3v) is 30.0. The maximum Gasteiger partial charge on any atom is 0.255 e. The van der Waals surface area contributed by atoms with Crippen LogP contribution in [0.2, 0.25) is 0 Å². The first kappa shape index (κ1) is 102. The Morgan fingerprint density at radius 1 is 0.439 bits per heavy atom. The van der Waals surface area contributed by atoms with Crippen molar-refractivity contribution in [1.29, 1.82) is 0 Å². The van der Waals surface area contributed by atoms with Crippen LogP contribution in [0, 0.1) is 74.5 Å². The molecule has 9 aromatic rings. The summed E-state index contributed by atoms with van der Waals surface area (Å²) in [7, 11) is 0. The van der Waals surface area contributed by atoms with Gasteiger partial charge in [-0.1, -0.05) is 199 Å². The van der Waals surface area contributed by atoms with Crippen molar-refractivity contribution in [2.75, 3.05) is 26.2 Å². The molecule has 7 N–H and O–H groups in total. The van der Waals surface area contributed by atoms with E-state index >= 15 is 0 Å². The predicted octanol–water partition coefficient (Wildman–Crippen LogP) is 14.7. The number of aromatic nitrogens is 4. The van der Waals surface area contributed by atoms with E-state index < -0.39 is 66.0 Å². The molecule has 0 bridgehead atoms. The number of Topliss-reactive ketones (excluding diaryl/α,β-unsaturated/α-hetero) is 2. The molecule has 5 aromatic carbocycles. The molecule has 12 atom stereocenters. The van der Waals surface area contributed by atoms with Crippen molar-refractivity contribution >= 4 is 104 Å².